The Hall–Kier alpha value is -1.51. The quantitative estimate of drug-likeness (QED) is 0.578. The summed E-state index contributed by atoms with van der Waals surface area (Å²) >= 11 is 0. The van der Waals surface area contributed by atoms with Crippen LogP contribution in [0, 0.1) is 12.3 Å². The molecule has 0 aliphatic rings. The van der Waals surface area contributed by atoms with Crippen LogP contribution in [0.15, 0.2) is 10.7 Å². The van der Waals surface area contributed by atoms with E-state index >= 15 is 0 Å². The van der Waals surface area contributed by atoms with Crippen molar-refractivity contribution in [3.05, 3.63) is 22.5 Å². The molecule has 0 bridgehead atoms. The van der Waals surface area contributed by atoms with Crippen molar-refractivity contribution in [1.29, 1.82) is 5.41 Å². The molecule has 1 aromatic rings. The van der Waals surface area contributed by atoms with E-state index < -0.39 is 0 Å². The van der Waals surface area contributed by atoms with E-state index in [1.165, 1.54) is 6.21 Å². The van der Waals surface area contributed by atoms with Crippen LogP contribution in [0.4, 0.5) is 0 Å². The van der Waals surface area contributed by atoms with Crippen LogP contribution in [0.25, 0.3) is 11.8 Å². The minimum absolute atomic E-state index is 0.655. The van der Waals surface area contributed by atoms with Gasteiger partial charge in [-0.25, -0.2) is 0 Å². The Morgan fingerprint density at radius 2 is 2.33 bits per heavy atom. The zero-order valence-corrected chi connectivity index (χ0v) is 7.22. The van der Waals surface area contributed by atoms with Gasteiger partial charge >= 0.3 is 0 Å². The molecule has 0 fully saturated rings. The largest absolute Gasteiger partial charge is 0.464 e. The minimum atomic E-state index is 0.655. The molecule has 12 heavy (non-hydrogen) atoms. The normalized spacial score (nSPS) is 14.7. The fourth-order valence-electron chi connectivity index (χ4n) is 1.17. The van der Waals surface area contributed by atoms with Gasteiger partial charge in [0.2, 0.25) is 0 Å². The molecule has 3 N–H and O–H groups in total. The molecule has 0 aromatic carbocycles. The van der Waals surface area contributed by atoms with Gasteiger partial charge in [-0.05, 0) is 25.5 Å². The van der Waals surface area contributed by atoms with Gasteiger partial charge in [0.15, 0.2) is 0 Å². The summed E-state index contributed by atoms with van der Waals surface area (Å²) in [6, 6.07) is 0. The van der Waals surface area contributed by atoms with E-state index in [1.807, 2.05) is 13.8 Å². The summed E-state index contributed by atoms with van der Waals surface area (Å²) in [5.41, 5.74) is 8.03. The Labute approximate surface area is 70.7 Å². The van der Waals surface area contributed by atoms with Crippen molar-refractivity contribution < 1.29 is 4.42 Å². The summed E-state index contributed by atoms with van der Waals surface area (Å²) < 4.78 is 5.19. The van der Waals surface area contributed by atoms with Crippen molar-refractivity contribution in [2.75, 3.05) is 0 Å². The van der Waals surface area contributed by atoms with E-state index in [-0.39, 0.29) is 0 Å². The lowest BCUT2D eigenvalue weighted by Crippen LogP contribution is -2.27. The van der Waals surface area contributed by atoms with Crippen LogP contribution < -0.4 is 16.4 Å². The molecule has 0 radical (unpaired) electrons. The average Bonchev–Trinajstić information content (AvgIpc) is 2.32. The maximum absolute atomic E-state index is 6.90. The molecular weight excluding hydrogens is 152 g/mol. The fourth-order valence-corrected chi connectivity index (χ4v) is 1.17. The van der Waals surface area contributed by atoms with E-state index in [4.69, 9.17) is 15.6 Å². The summed E-state index contributed by atoms with van der Waals surface area (Å²) in [6.07, 6.45) is 4.41. The lowest BCUT2D eigenvalue weighted by molar-refractivity contribution is 0.530. The summed E-state index contributed by atoms with van der Waals surface area (Å²) in [6.45, 7) is 3.75. The minimum Gasteiger partial charge on any atom is -0.464 e. The van der Waals surface area contributed by atoms with Gasteiger partial charge in [0.25, 0.3) is 0 Å². The monoisotopic (exact) mass is 164 g/mol. The second-order valence-corrected chi connectivity index (χ2v) is 2.67. The van der Waals surface area contributed by atoms with E-state index in [2.05, 4.69) is 0 Å². The van der Waals surface area contributed by atoms with Gasteiger partial charge in [-0.15, -0.1) is 0 Å². The van der Waals surface area contributed by atoms with Crippen LogP contribution >= 0.6 is 0 Å². The number of hydrogen-bond acceptors (Lipinski definition) is 3. The molecule has 0 unspecified atom stereocenters. The van der Waals surface area contributed by atoms with E-state index in [9.17, 15) is 0 Å². The molecule has 3 heteroatoms. The van der Waals surface area contributed by atoms with Gasteiger partial charge < -0.3 is 15.6 Å². The van der Waals surface area contributed by atoms with Crippen LogP contribution in [0.2, 0.25) is 0 Å². The van der Waals surface area contributed by atoms with Gasteiger partial charge in [0.05, 0.1) is 6.26 Å². The number of rotatable bonds is 1. The van der Waals surface area contributed by atoms with Crippen LogP contribution in [-0.4, -0.2) is 6.21 Å². The van der Waals surface area contributed by atoms with Crippen molar-refractivity contribution in [2.45, 2.75) is 13.8 Å². The highest BCUT2D eigenvalue weighted by atomic mass is 16.3. The molecule has 1 aromatic heterocycles. The lowest BCUT2D eigenvalue weighted by Gasteiger charge is -1.86. The van der Waals surface area contributed by atoms with Gasteiger partial charge in [-0.1, -0.05) is 0 Å². The number of nitrogens with two attached hydrogens (primary N) is 1. The van der Waals surface area contributed by atoms with Crippen molar-refractivity contribution in [1.82, 2.24) is 0 Å². The second-order valence-electron chi connectivity index (χ2n) is 2.67. The lowest BCUT2D eigenvalue weighted by atomic mass is 10.2. The summed E-state index contributed by atoms with van der Waals surface area (Å²) in [5, 5.41) is 7.80. The van der Waals surface area contributed by atoms with Crippen molar-refractivity contribution in [3.63, 3.8) is 0 Å². The summed E-state index contributed by atoms with van der Waals surface area (Å²) in [5.74, 6) is 0. The molecule has 0 amide bonds. The highest BCUT2D eigenvalue weighted by Gasteiger charge is 1.96. The van der Waals surface area contributed by atoms with Gasteiger partial charge in [-0.2, -0.15) is 0 Å². The predicted octanol–water partition coefficient (Wildman–Crippen LogP) is 0.105. The molecule has 0 atom stereocenters. The van der Waals surface area contributed by atoms with E-state index in [1.54, 1.807) is 12.3 Å². The predicted molar refractivity (Wildman–Crippen MR) is 49.2 cm³/mol. The maximum atomic E-state index is 6.90. The van der Waals surface area contributed by atoms with Gasteiger partial charge in [-0.3, -0.25) is 0 Å². The van der Waals surface area contributed by atoms with Gasteiger partial charge in [0, 0.05) is 17.1 Å². The first-order chi connectivity index (χ1) is 5.66. The molecule has 0 aliphatic heterocycles. The standard InChI is InChI=1S/C9H12N2O/c1-6-5-12-8(3-4-10)9(6)7(2)11/h3-5,10H,11H2,1-2H3/b8-3+,9-7+,10-4?. The zero-order chi connectivity index (χ0) is 9.14. The molecular formula is C9H12N2O. The molecule has 0 aliphatic carbocycles. The topological polar surface area (TPSA) is 63.0 Å². The number of nitrogens with one attached hydrogen (secondary N) is 1. The number of hydrogen-bond donors (Lipinski definition) is 2. The highest BCUT2D eigenvalue weighted by Crippen LogP contribution is 1.85. The van der Waals surface area contributed by atoms with Crippen molar-refractivity contribution in [2.24, 2.45) is 5.73 Å². The SMILES string of the molecule is C/C(N)=c1/c(C)co/c1=C/C=N. The third kappa shape index (κ3) is 1.39. The second kappa shape index (κ2) is 3.26. The number of furan rings is 1. The molecule has 0 saturated carbocycles. The zero-order valence-electron chi connectivity index (χ0n) is 7.22. The Balaban J connectivity index is 3.65. The van der Waals surface area contributed by atoms with Crippen LogP contribution in [0.5, 0.6) is 0 Å². The van der Waals surface area contributed by atoms with Crippen LogP contribution in [0.3, 0.4) is 0 Å². The van der Waals surface area contributed by atoms with Crippen molar-refractivity contribution in [3.8, 4) is 0 Å². The molecule has 1 rings (SSSR count). The first-order valence-corrected chi connectivity index (χ1v) is 3.68. The summed E-state index contributed by atoms with van der Waals surface area (Å²) in [7, 11) is 0. The van der Waals surface area contributed by atoms with Crippen molar-refractivity contribution >= 4 is 18.0 Å². The molecule has 0 saturated heterocycles. The Morgan fingerprint density at radius 1 is 1.67 bits per heavy atom. The smallest absolute Gasteiger partial charge is 0.137 e. The van der Waals surface area contributed by atoms with Crippen LogP contribution in [-0.2, 0) is 0 Å². The van der Waals surface area contributed by atoms with Gasteiger partial charge in [0.1, 0.15) is 5.42 Å². The number of aryl methyl sites for hydroxylation is 1. The van der Waals surface area contributed by atoms with E-state index in [0.717, 1.165) is 10.8 Å². The highest BCUT2D eigenvalue weighted by molar-refractivity contribution is 5.87. The Bertz CT molecular complexity index is 397. The first kappa shape index (κ1) is 8.59. The Kier molecular flexibility index (Phi) is 2.33. The molecule has 1 heterocycles. The first-order valence-electron chi connectivity index (χ1n) is 3.68. The fraction of sp³-hybridized carbons (Fsp3) is 0.222. The van der Waals surface area contributed by atoms with Crippen LogP contribution in [0.1, 0.15) is 12.5 Å². The molecule has 0 spiro atoms. The summed E-state index contributed by atoms with van der Waals surface area (Å²) in [4.78, 5) is 0. The van der Waals surface area contributed by atoms with E-state index in [0.29, 0.717) is 11.1 Å². The average molecular weight is 164 g/mol. The molecule has 64 valence electrons. The maximum Gasteiger partial charge on any atom is 0.137 e. The molecule has 3 nitrogen and oxygen atoms in total. The Morgan fingerprint density at radius 3 is 2.83 bits per heavy atom. The third-order valence-corrected chi connectivity index (χ3v) is 1.63. The third-order valence-electron chi connectivity index (χ3n) is 1.63.